The summed E-state index contributed by atoms with van der Waals surface area (Å²) in [6.45, 7) is 0.239. The Morgan fingerprint density at radius 1 is 1.54 bits per heavy atom. The van der Waals surface area contributed by atoms with E-state index in [-0.39, 0.29) is 25.4 Å². The molecule has 2 amide bonds. The van der Waals surface area contributed by atoms with Crippen molar-refractivity contribution in [3.63, 3.8) is 0 Å². The Kier molecular flexibility index (Phi) is 2.84. The Hall–Kier alpha value is -1.59. The van der Waals surface area contributed by atoms with Gasteiger partial charge in [0, 0.05) is 13.1 Å². The second-order valence-corrected chi connectivity index (χ2v) is 2.74. The zero-order valence-electron chi connectivity index (χ0n) is 6.95. The molecule has 0 aromatic rings. The lowest BCUT2D eigenvalue weighted by molar-refractivity contribution is -0.144. The number of hydrogen-bond donors (Lipinski definition) is 2. The van der Waals surface area contributed by atoms with Crippen LogP contribution < -0.4 is 5.32 Å². The third-order valence-electron chi connectivity index (χ3n) is 1.69. The lowest BCUT2D eigenvalue weighted by atomic mass is 10.3. The van der Waals surface area contributed by atoms with E-state index < -0.39 is 11.9 Å². The molecule has 0 atom stereocenters. The number of rotatable bonds is 2. The first kappa shape index (κ1) is 9.50. The quantitative estimate of drug-likeness (QED) is 0.509. The lowest BCUT2D eigenvalue weighted by Gasteiger charge is -2.16. The number of nitrogens with zero attached hydrogens (tertiary/aromatic N) is 1. The molecule has 0 unspecified atom stereocenters. The van der Waals surface area contributed by atoms with Gasteiger partial charge in [-0.1, -0.05) is 0 Å². The Morgan fingerprint density at radius 3 is 2.85 bits per heavy atom. The lowest BCUT2D eigenvalue weighted by Crippen LogP contribution is -2.36. The number of nitrogens with one attached hydrogen (secondary N) is 1. The molecule has 1 fully saturated rings. The molecule has 1 saturated heterocycles. The number of hydrogen-bond acceptors (Lipinski definition) is 3. The van der Waals surface area contributed by atoms with Crippen molar-refractivity contribution >= 4 is 17.8 Å². The highest BCUT2D eigenvalue weighted by Gasteiger charge is 2.22. The summed E-state index contributed by atoms with van der Waals surface area (Å²) >= 11 is 0. The van der Waals surface area contributed by atoms with Gasteiger partial charge < -0.3 is 15.3 Å². The summed E-state index contributed by atoms with van der Waals surface area (Å²) in [5.41, 5.74) is 0. The minimum Gasteiger partial charge on any atom is -0.480 e. The van der Waals surface area contributed by atoms with Crippen LogP contribution in [0.2, 0.25) is 0 Å². The minimum atomic E-state index is -1.07. The van der Waals surface area contributed by atoms with E-state index >= 15 is 0 Å². The van der Waals surface area contributed by atoms with Gasteiger partial charge in [0.05, 0.1) is 0 Å². The van der Waals surface area contributed by atoms with Gasteiger partial charge in [-0.3, -0.25) is 14.4 Å². The summed E-state index contributed by atoms with van der Waals surface area (Å²) in [4.78, 5) is 33.4. The second kappa shape index (κ2) is 3.88. The maximum absolute atomic E-state index is 11.2. The number of carbonyl (C=O) groups is 3. The largest absolute Gasteiger partial charge is 0.480 e. The van der Waals surface area contributed by atoms with Gasteiger partial charge in [0.25, 0.3) is 0 Å². The van der Waals surface area contributed by atoms with Gasteiger partial charge in [0.15, 0.2) is 0 Å². The monoisotopic (exact) mass is 186 g/mol. The molecule has 0 aromatic heterocycles. The first-order valence-corrected chi connectivity index (χ1v) is 3.86. The average Bonchev–Trinajstić information content (AvgIpc) is 2.13. The van der Waals surface area contributed by atoms with Crippen molar-refractivity contribution in [3.05, 3.63) is 0 Å². The van der Waals surface area contributed by atoms with Gasteiger partial charge in [-0.05, 0) is 0 Å². The van der Waals surface area contributed by atoms with E-state index in [9.17, 15) is 14.4 Å². The number of amides is 2. The van der Waals surface area contributed by atoms with Crippen LogP contribution in [-0.4, -0.2) is 47.4 Å². The molecule has 72 valence electrons. The molecule has 1 aliphatic heterocycles. The molecule has 0 radical (unpaired) electrons. The number of aliphatic carboxylic acids is 1. The topological polar surface area (TPSA) is 86.7 Å². The van der Waals surface area contributed by atoms with Crippen molar-refractivity contribution in [3.8, 4) is 0 Å². The molecule has 0 bridgehead atoms. The van der Waals surface area contributed by atoms with Crippen molar-refractivity contribution in [2.75, 3.05) is 19.6 Å². The molecule has 1 heterocycles. The van der Waals surface area contributed by atoms with E-state index in [2.05, 4.69) is 5.32 Å². The SMILES string of the molecule is O=C(O)CN1CCNC(=O)CC1=O. The van der Waals surface area contributed by atoms with Gasteiger partial charge in [0.1, 0.15) is 13.0 Å². The molecule has 0 saturated carbocycles. The van der Waals surface area contributed by atoms with Crippen molar-refractivity contribution in [2.24, 2.45) is 0 Å². The Bertz CT molecular complexity index is 251. The van der Waals surface area contributed by atoms with Crippen LogP contribution in [0.4, 0.5) is 0 Å². The van der Waals surface area contributed by atoms with Gasteiger partial charge in [0.2, 0.25) is 11.8 Å². The Balaban J connectivity index is 2.58. The van der Waals surface area contributed by atoms with Crippen LogP contribution in [0.5, 0.6) is 0 Å². The van der Waals surface area contributed by atoms with Crippen molar-refractivity contribution in [1.82, 2.24) is 10.2 Å². The number of carbonyl (C=O) groups excluding carboxylic acids is 2. The summed E-state index contributed by atoms with van der Waals surface area (Å²) in [5.74, 6) is -1.85. The van der Waals surface area contributed by atoms with Crippen LogP contribution in [0.25, 0.3) is 0 Å². The average molecular weight is 186 g/mol. The highest BCUT2D eigenvalue weighted by molar-refractivity contribution is 5.98. The zero-order valence-corrected chi connectivity index (χ0v) is 6.95. The molecule has 2 N–H and O–H groups in total. The highest BCUT2D eigenvalue weighted by atomic mass is 16.4. The summed E-state index contributed by atoms with van der Waals surface area (Å²) in [6.07, 6.45) is -0.257. The molecular weight excluding hydrogens is 176 g/mol. The predicted octanol–water partition coefficient (Wildman–Crippen LogP) is -1.58. The Morgan fingerprint density at radius 2 is 2.23 bits per heavy atom. The van der Waals surface area contributed by atoms with Crippen molar-refractivity contribution in [1.29, 1.82) is 0 Å². The van der Waals surface area contributed by atoms with E-state index in [0.717, 1.165) is 4.90 Å². The van der Waals surface area contributed by atoms with E-state index in [1.165, 1.54) is 0 Å². The summed E-state index contributed by atoms with van der Waals surface area (Å²) < 4.78 is 0. The van der Waals surface area contributed by atoms with Gasteiger partial charge in [-0.2, -0.15) is 0 Å². The second-order valence-electron chi connectivity index (χ2n) is 2.74. The third-order valence-corrected chi connectivity index (χ3v) is 1.69. The fourth-order valence-corrected chi connectivity index (χ4v) is 1.10. The first-order valence-electron chi connectivity index (χ1n) is 3.86. The van der Waals surface area contributed by atoms with Crippen LogP contribution >= 0.6 is 0 Å². The standard InChI is InChI=1S/C7H10N2O4/c10-5-3-6(11)9(2-1-8-5)4-7(12)13/h1-4H2,(H,8,10)(H,12,13). The van der Waals surface area contributed by atoms with Crippen LogP contribution in [0.1, 0.15) is 6.42 Å². The molecular formula is C7H10N2O4. The fourth-order valence-electron chi connectivity index (χ4n) is 1.10. The maximum Gasteiger partial charge on any atom is 0.323 e. The van der Waals surface area contributed by atoms with E-state index in [1.54, 1.807) is 0 Å². The summed E-state index contributed by atoms with van der Waals surface area (Å²) in [7, 11) is 0. The molecule has 0 aliphatic carbocycles. The molecule has 1 rings (SSSR count). The van der Waals surface area contributed by atoms with Crippen LogP contribution in [0, 0.1) is 0 Å². The smallest absolute Gasteiger partial charge is 0.323 e. The normalized spacial score (nSPS) is 18.0. The molecule has 6 heteroatoms. The highest BCUT2D eigenvalue weighted by Crippen LogP contribution is 1.97. The van der Waals surface area contributed by atoms with Gasteiger partial charge in [-0.15, -0.1) is 0 Å². The van der Waals surface area contributed by atoms with Crippen molar-refractivity contribution < 1.29 is 19.5 Å². The van der Waals surface area contributed by atoms with Gasteiger partial charge in [-0.25, -0.2) is 0 Å². The van der Waals surface area contributed by atoms with Crippen LogP contribution in [0.3, 0.4) is 0 Å². The molecule has 0 spiro atoms. The van der Waals surface area contributed by atoms with Gasteiger partial charge >= 0.3 is 5.97 Å². The molecule has 13 heavy (non-hydrogen) atoms. The third kappa shape index (κ3) is 2.73. The van der Waals surface area contributed by atoms with E-state index in [4.69, 9.17) is 5.11 Å². The summed E-state index contributed by atoms with van der Waals surface area (Å²) in [6, 6.07) is 0. The Labute approximate surface area is 74.5 Å². The maximum atomic E-state index is 11.2. The molecule has 0 aromatic carbocycles. The van der Waals surface area contributed by atoms with Crippen molar-refractivity contribution in [2.45, 2.75) is 6.42 Å². The zero-order chi connectivity index (χ0) is 9.84. The van der Waals surface area contributed by atoms with E-state index in [0.29, 0.717) is 6.54 Å². The predicted molar refractivity (Wildman–Crippen MR) is 41.8 cm³/mol. The molecule has 6 nitrogen and oxygen atoms in total. The van der Waals surface area contributed by atoms with Crippen LogP contribution in [-0.2, 0) is 14.4 Å². The number of carboxylic acid groups (broad SMARTS) is 1. The number of carboxylic acids is 1. The van der Waals surface area contributed by atoms with E-state index in [1.807, 2.05) is 0 Å². The summed E-state index contributed by atoms with van der Waals surface area (Å²) in [5, 5.41) is 10.9. The van der Waals surface area contributed by atoms with Crippen LogP contribution in [0.15, 0.2) is 0 Å². The first-order chi connectivity index (χ1) is 6.09. The minimum absolute atomic E-state index is 0.257. The molecule has 1 aliphatic rings. The fraction of sp³-hybridized carbons (Fsp3) is 0.571.